The smallest absolute Gasteiger partial charge is 0.870 e. The van der Waals surface area contributed by atoms with Crippen molar-refractivity contribution >= 4 is 92.6 Å². The minimum absolute atomic E-state index is 0. The molecule has 0 amide bonds. The van der Waals surface area contributed by atoms with Gasteiger partial charge in [0.05, 0.1) is 22.0 Å². The molecule has 0 bridgehead atoms. The minimum Gasteiger partial charge on any atom is -0.870 e. The number of hydrogen-bond acceptors (Lipinski definition) is 20. The number of nitrogen functional groups attached to an aromatic ring is 1. The van der Waals surface area contributed by atoms with Gasteiger partial charge in [-0.25, -0.2) is 0 Å². The summed E-state index contributed by atoms with van der Waals surface area (Å²) in [5.41, 5.74) is 1.24. The van der Waals surface area contributed by atoms with Gasteiger partial charge in [0.1, 0.15) is 26.1 Å². The number of benzene rings is 4. The van der Waals surface area contributed by atoms with Gasteiger partial charge in [-0.3, -0.25) is 18.2 Å². The van der Waals surface area contributed by atoms with E-state index in [4.69, 9.17) is 5.73 Å². The van der Waals surface area contributed by atoms with Crippen LogP contribution in [0.2, 0.25) is 0 Å². The predicted molar refractivity (Wildman–Crippen MR) is 171 cm³/mol. The van der Waals surface area contributed by atoms with Crippen molar-refractivity contribution in [3.63, 3.8) is 0 Å². The molecule has 280 valence electrons. The molecule has 54 heavy (non-hydrogen) atoms. The van der Waals surface area contributed by atoms with Gasteiger partial charge in [0.2, 0.25) is 0 Å². The zero-order valence-corrected chi connectivity index (χ0v) is 38.1. The Kier molecular flexibility index (Phi) is 21.5. The minimum atomic E-state index is -5.42. The van der Waals surface area contributed by atoms with Crippen LogP contribution in [0.3, 0.4) is 0 Å². The first-order valence-corrected chi connectivity index (χ1v) is 19.2. The van der Waals surface area contributed by atoms with E-state index in [1.54, 1.807) is 0 Å². The molecule has 0 saturated carbocycles. The Bertz CT molecular complexity index is 2610. The number of nitrogens with two attached hydrogens (primary N) is 1. The summed E-state index contributed by atoms with van der Waals surface area (Å²) < 4.78 is 146. The third-order valence-electron chi connectivity index (χ3n) is 6.03. The van der Waals surface area contributed by atoms with E-state index in [9.17, 15) is 71.3 Å². The van der Waals surface area contributed by atoms with Gasteiger partial charge in [0.15, 0.2) is 0 Å². The summed E-state index contributed by atoms with van der Waals surface area (Å²) in [6, 6.07) is 6.10. The molecule has 32 heteroatoms. The van der Waals surface area contributed by atoms with E-state index in [1.807, 2.05) is 0 Å². The molecule has 0 spiro atoms. The molecule has 4 aromatic carbocycles. The molecule has 4 rings (SSSR count). The molecule has 0 fully saturated rings. The normalized spacial score (nSPS) is 12.0. The van der Waals surface area contributed by atoms with Gasteiger partial charge in [-0.15, -0.1) is 15.3 Å². The maximum absolute atomic E-state index is 13.5. The van der Waals surface area contributed by atoms with E-state index in [0.717, 1.165) is 18.2 Å². The van der Waals surface area contributed by atoms with Crippen molar-refractivity contribution < 1.29 is 160 Å². The van der Waals surface area contributed by atoms with Crippen LogP contribution in [-0.2, 0) is 45.0 Å². The molecule has 24 nitrogen and oxygen atoms in total. The summed E-state index contributed by atoms with van der Waals surface area (Å²) in [6.07, 6.45) is 0. The van der Waals surface area contributed by atoms with Crippen LogP contribution >= 0.6 is 7.60 Å². The summed E-state index contributed by atoms with van der Waals surface area (Å²) in [6.45, 7) is 0. The van der Waals surface area contributed by atoms with E-state index >= 15 is 0 Å². The van der Waals surface area contributed by atoms with E-state index in [0.29, 0.717) is 36.4 Å². The first kappa shape index (κ1) is 56.9. The van der Waals surface area contributed by atoms with Gasteiger partial charge in [-0.05, 0) is 60.8 Å². The van der Waals surface area contributed by atoms with Crippen molar-refractivity contribution in [2.45, 2.75) is 19.6 Å². The summed E-state index contributed by atoms with van der Waals surface area (Å²) in [5, 5.41) is 25.1. The van der Waals surface area contributed by atoms with Gasteiger partial charge >= 0.3 is 88.7 Å². The molecule has 0 aliphatic carbocycles. The Morgan fingerprint density at radius 2 is 1.09 bits per heavy atom. The Morgan fingerprint density at radius 1 is 0.611 bits per heavy atom. The zero-order valence-electron chi connectivity index (χ0n) is 28.0. The number of hydrogen-bond donors (Lipinski definition) is 8. The third kappa shape index (κ3) is 13.1. The number of nitrogens with zero attached hydrogens (tertiary/aromatic N) is 4. The van der Waals surface area contributed by atoms with E-state index in [2.05, 4.69) is 20.5 Å². The fourth-order valence-corrected chi connectivity index (χ4v) is 6.97. The van der Waals surface area contributed by atoms with Crippen molar-refractivity contribution in [1.29, 1.82) is 0 Å². The molecule has 0 saturated heterocycles. The summed E-state index contributed by atoms with van der Waals surface area (Å²) in [7, 11) is -26.3. The average Bonchev–Trinajstić information content (AvgIpc) is 2.93. The van der Waals surface area contributed by atoms with E-state index in [-0.39, 0.29) is 107 Å². The second kappa shape index (κ2) is 20.3. The Balaban J connectivity index is -0.00000433. The first-order chi connectivity index (χ1) is 21.8. The number of anilines is 1. The topological polar surface area (TPSA) is 484 Å². The van der Waals surface area contributed by atoms with Crippen molar-refractivity contribution in [2.75, 3.05) is 5.73 Å². The molecule has 0 unspecified atom stereocenters. The number of azo groups is 2. The molecule has 0 aliphatic heterocycles. The van der Waals surface area contributed by atoms with Crippen LogP contribution in [0.5, 0.6) is 5.75 Å². The second-order valence-corrected chi connectivity index (χ2v) is 16.3. The summed E-state index contributed by atoms with van der Waals surface area (Å²) >= 11 is 0. The predicted octanol–water partition coefficient (Wildman–Crippen LogP) is -7.65. The van der Waals surface area contributed by atoms with Crippen LogP contribution in [0.25, 0.3) is 10.8 Å². The molecular weight excluding hydrogens is 860 g/mol. The molecule has 0 aliphatic rings. The van der Waals surface area contributed by atoms with Crippen molar-refractivity contribution in [3.05, 3.63) is 54.6 Å². The molecule has 4 aromatic rings. The van der Waals surface area contributed by atoms with E-state index < -0.39 is 118 Å². The van der Waals surface area contributed by atoms with Crippen molar-refractivity contribution in [1.82, 2.24) is 18.5 Å². The summed E-state index contributed by atoms with van der Waals surface area (Å²) in [4.78, 5) is 18.0. The monoisotopic (exact) mass is 884 g/mol. The molecule has 0 radical (unpaired) electrons. The largest absolute Gasteiger partial charge is 1.00 e. The fourth-order valence-electron chi connectivity index (χ4n) is 3.98. The average molecular weight is 885 g/mol. The fraction of sp³-hybridized carbons (Fsp3) is 0. The molecule has 15 N–H and O–H groups in total. The standard InChI is InChI=1S/C22H18N5O16PS4.3H3N.3Na/c23-19-18-10(7-17(48(41,42)43)21(22(18)28)27-24-11-2-1-3-12(8-11)44(29,30)31)6-16(47(38,39)40)20(19)26-25-14-9-13(45(32,33)34)4-5-15(14)46(35,36)37;;;;;;/h1-9,28H,23H2,(H2,29,30,31)(H,32,33,34)(H,35,36,37)(H,38,39,40)(H,41,42,43);3*1H3;;;/q;;;;3*+1/p-3. The maximum Gasteiger partial charge on any atom is 1.00 e. The van der Waals surface area contributed by atoms with Crippen molar-refractivity contribution in [3.8, 4) is 5.75 Å². The quantitative estimate of drug-likeness (QED) is 0.0254. The van der Waals surface area contributed by atoms with Crippen molar-refractivity contribution in [2.24, 2.45) is 20.5 Å². The van der Waals surface area contributed by atoms with Crippen LogP contribution in [0.15, 0.2) is 94.6 Å². The Labute approximate surface area is 372 Å². The third-order valence-corrected chi connectivity index (χ3v) is 10.4. The van der Waals surface area contributed by atoms with Gasteiger partial charge in [0.25, 0.3) is 40.5 Å². The molecule has 0 heterocycles. The Morgan fingerprint density at radius 3 is 1.56 bits per heavy atom. The number of rotatable bonds is 9. The zero-order chi connectivity index (χ0) is 36.2. The second-order valence-electron chi connectivity index (χ2n) is 9.23. The van der Waals surface area contributed by atoms with Gasteiger partial charge < -0.3 is 43.6 Å². The first-order valence-electron chi connectivity index (χ1n) is 11.9. The van der Waals surface area contributed by atoms with Crippen LogP contribution in [0, 0.1) is 0 Å². The van der Waals surface area contributed by atoms with Gasteiger partial charge in [0, 0.05) is 5.39 Å². The summed E-state index contributed by atoms with van der Waals surface area (Å²) in [5.74, 6) is -1.50. The molecule has 0 aromatic heterocycles. The van der Waals surface area contributed by atoms with Gasteiger partial charge in [-0.2, -0.15) is 38.8 Å². The van der Waals surface area contributed by atoms with Crippen LogP contribution < -0.4 is 133 Å². The SMILES string of the molecule is N.N.N.Nc1c(N=Nc2cc(S(=O)(=O)O)ccc2S(=O)(=O)O)c(S(=O)(=O)O)cc2cc(S(=O)(=O)O)c(N=Nc3cccc(P(=O)([O-])[O-])c3)c([O-])c12.[Na+].[Na+].[Na+]. The van der Waals surface area contributed by atoms with Crippen LogP contribution in [-0.4, -0.2) is 51.9 Å². The van der Waals surface area contributed by atoms with E-state index in [1.165, 1.54) is 0 Å². The Hall–Kier alpha value is -1.39. The van der Waals surface area contributed by atoms with Gasteiger partial charge in [-0.1, -0.05) is 17.9 Å². The number of fused-ring (bicyclic) bond motifs is 1. The van der Waals surface area contributed by atoms with Crippen LogP contribution in [0.4, 0.5) is 28.4 Å². The van der Waals surface area contributed by atoms with Crippen LogP contribution in [0.1, 0.15) is 0 Å². The molecular formula is C22H24N8Na3O16PS4. The molecule has 0 atom stereocenters. The maximum atomic E-state index is 13.5.